The smallest absolute Gasteiger partial charge is 0.234 e. The zero-order chi connectivity index (χ0) is 21.0. The summed E-state index contributed by atoms with van der Waals surface area (Å²) in [6.45, 7) is 0.461. The molecule has 0 bridgehead atoms. The van der Waals surface area contributed by atoms with Crippen molar-refractivity contribution in [2.24, 2.45) is 11.8 Å². The molecule has 0 spiro atoms. The summed E-state index contributed by atoms with van der Waals surface area (Å²) >= 11 is 0. The minimum atomic E-state index is -0.482. The summed E-state index contributed by atoms with van der Waals surface area (Å²) < 4.78 is 13.4. The standard InChI is InChI=1S/C23H22FN3O3/c1-26-22(29)20-18(27-12-17(28)10-19(27)21(20)23(26)30)8-7-16-6-5-14(11-25-16)13-3-2-4-15(24)9-13/h2-9,11,17-21,28H,10,12H2,1H3/t17?,18?,19?,20-,21?/m1/s1. The van der Waals surface area contributed by atoms with E-state index in [2.05, 4.69) is 9.88 Å². The molecule has 1 aromatic heterocycles. The SMILES string of the molecule is CN1C(=O)C2C3CC(O)CN3C(C=Cc3ccc(-c4cccc(F)c4)cn3)[C@H]2C1=O. The molecule has 3 saturated heterocycles. The first-order chi connectivity index (χ1) is 14.4. The molecule has 1 N–H and O–H groups in total. The summed E-state index contributed by atoms with van der Waals surface area (Å²) in [6.07, 6.45) is 5.49. The lowest BCUT2D eigenvalue weighted by molar-refractivity contribution is -0.139. The number of aromatic nitrogens is 1. The summed E-state index contributed by atoms with van der Waals surface area (Å²) in [6, 6.07) is 9.71. The number of carbonyl (C=O) groups excluding carboxylic acids is 2. The lowest BCUT2D eigenvalue weighted by Gasteiger charge is -2.25. The predicted molar refractivity (Wildman–Crippen MR) is 108 cm³/mol. The fraction of sp³-hybridized carbons (Fsp3) is 0.348. The third kappa shape index (κ3) is 2.97. The van der Waals surface area contributed by atoms with Crippen LogP contribution in [0.5, 0.6) is 0 Å². The molecule has 5 rings (SSSR count). The minimum absolute atomic E-state index is 0.107. The van der Waals surface area contributed by atoms with Crippen LogP contribution in [0.15, 0.2) is 48.7 Å². The van der Waals surface area contributed by atoms with Gasteiger partial charge < -0.3 is 5.11 Å². The van der Waals surface area contributed by atoms with Gasteiger partial charge in [0.2, 0.25) is 11.8 Å². The maximum Gasteiger partial charge on any atom is 0.234 e. The Kier molecular flexibility index (Phi) is 4.52. The number of amides is 2. The second-order valence-corrected chi connectivity index (χ2v) is 8.27. The van der Waals surface area contributed by atoms with Crippen molar-refractivity contribution in [1.82, 2.24) is 14.8 Å². The largest absolute Gasteiger partial charge is 0.392 e. The van der Waals surface area contributed by atoms with E-state index in [1.54, 1.807) is 12.3 Å². The highest BCUT2D eigenvalue weighted by Gasteiger charge is 2.62. The van der Waals surface area contributed by atoms with Crippen LogP contribution in [-0.4, -0.2) is 63.5 Å². The van der Waals surface area contributed by atoms with Crippen LogP contribution in [0.4, 0.5) is 4.39 Å². The van der Waals surface area contributed by atoms with Gasteiger partial charge in [0.05, 0.1) is 23.6 Å². The average molecular weight is 407 g/mol. The number of benzene rings is 1. The number of hydrogen-bond donors (Lipinski definition) is 1. The molecule has 154 valence electrons. The number of nitrogens with zero attached hydrogens (tertiary/aromatic N) is 3. The quantitative estimate of drug-likeness (QED) is 0.788. The number of rotatable bonds is 3. The van der Waals surface area contributed by atoms with Crippen LogP contribution in [0, 0.1) is 17.7 Å². The summed E-state index contributed by atoms with van der Waals surface area (Å²) in [4.78, 5) is 33.0. The zero-order valence-corrected chi connectivity index (χ0v) is 16.5. The van der Waals surface area contributed by atoms with Crippen molar-refractivity contribution < 1.29 is 19.1 Å². The van der Waals surface area contributed by atoms with E-state index in [-0.39, 0.29) is 29.7 Å². The maximum atomic E-state index is 13.4. The monoisotopic (exact) mass is 407 g/mol. The summed E-state index contributed by atoms with van der Waals surface area (Å²) in [7, 11) is 1.53. The fourth-order valence-corrected chi connectivity index (χ4v) is 5.17. The van der Waals surface area contributed by atoms with Gasteiger partial charge in [0.1, 0.15) is 5.82 Å². The molecule has 2 aromatic rings. The number of halogens is 1. The molecule has 4 unspecified atom stereocenters. The van der Waals surface area contributed by atoms with E-state index in [4.69, 9.17) is 0 Å². The molecule has 5 atom stereocenters. The maximum absolute atomic E-state index is 13.4. The molecule has 30 heavy (non-hydrogen) atoms. The number of aliphatic hydroxyl groups excluding tert-OH is 1. The summed E-state index contributed by atoms with van der Waals surface area (Å²) in [5.41, 5.74) is 2.28. The Morgan fingerprint density at radius 3 is 2.67 bits per heavy atom. The van der Waals surface area contributed by atoms with E-state index < -0.39 is 17.9 Å². The van der Waals surface area contributed by atoms with E-state index >= 15 is 0 Å². The van der Waals surface area contributed by atoms with Gasteiger partial charge >= 0.3 is 0 Å². The van der Waals surface area contributed by atoms with E-state index in [0.29, 0.717) is 18.7 Å². The summed E-state index contributed by atoms with van der Waals surface area (Å²) in [5.74, 6) is -1.41. The average Bonchev–Trinajstić information content (AvgIpc) is 3.32. The van der Waals surface area contributed by atoms with Crippen molar-refractivity contribution in [1.29, 1.82) is 0 Å². The van der Waals surface area contributed by atoms with Crippen LogP contribution in [0.25, 0.3) is 17.2 Å². The Bertz CT molecular complexity index is 1040. The van der Waals surface area contributed by atoms with Crippen molar-refractivity contribution in [3.8, 4) is 11.1 Å². The second-order valence-electron chi connectivity index (χ2n) is 8.27. The molecule has 6 nitrogen and oxygen atoms in total. The van der Waals surface area contributed by atoms with Crippen LogP contribution in [0.3, 0.4) is 0 Å². The van der Waals surface area contributed by atoms with Gasteiger partial charge in [-0.3, -0.25) is 24.4 Å². The van der Waals surface area contributed by atoms with Gasteiger partial charge in [0.15, 0.2) is 0 Å². The van der Waals surface area contributed by atoms with Gasteiger partial charge in [-0.15, -0.1) is 0 Å². The summed E-state index contributed by atoms with van der Waals surface area (Å²) in [5, 5.41) is 10.1. The molecule has 3 aliphatic heterocycles. The van der Waals surface area contributed by atoms with Crippen molar-refractivity contribution in [3.63, 3.8) is 0 Å². The second kappa shape index (κ2) is 7.11. The lowest BCUT2D eigenvalue weighted by atomic mass is 9.87. The van der Waals surface area contributed by atoms with Crippen molar-refractivity contribution in [2.45, 2.75) is 24.6 Å². The van der Waals surface area contributed by atoms with Crippen LogP contribution in [-0.2, 0) is 9.59 Å². The Morgan fingerprint density at radius 1 is 1.13 bits per heavy atom. The van der Waals surface area contributed by atoms with E-state index in [1.165, 1.54) is 24.1 Å². The number of pyridine rings is 1. The number of hydrogen-bond acceptors (Lipinski definition) is 5. The molecule has 1 aromatic carbocycles. The number of fused-ring (bicyclic) bond motifs is 3. The van der Waals surface area contributed by atoms with Gasteiger partial charge in [0, 0.05) is 37.4 Å². The van der Waals surface area contributed by atoms with Crippen LogP contribution >= 0.6 is 0 Å². The highest BCUT2D eigenvalue weighted by Crippen LogP contribution is 2.46. The Morgan fingerprint density at radius 2 is 1.93 bits per heavy atom. The third-order valence-corrected chi connectivity index (χ3v) is 6.55. The minimum Gasteiger partial charge on any atom is -0.392 e. The van der Waals surface area contributed by atoms with Crippen LogP contribution in [0.2, 0.25) is 0 Å². The lowest BCUT2D eigenvalue weighted by Crippen LogP contribution is -2.40. The first-order valence-electron chi connectivity index (χ1n) is 10.1. The third-order valence-electron chi connectivity index (χ3n) is 6.55. The normalized spacial score (nSPS) is 31.0. The van der Waals surface area contributed by atoms with E-state index in [9.17, 15) is 19.1 Å². The number of imide groups is 1. The van der Waals surface area contributed by atoms with Crippen LogP contribution < -0.4 is 0 Å². The molecule has 3 aliphatic rings. The molecular formula is C23H22FN3O3. The number of likely N-dealkylation sites (tertiary alicyclic amines) is 1. The van der Waals surface area contributed by atoms with Gasteiger partial charge in [0.25, 0.3) is 0 Å². The predicted octanol–water partition coefficient (Wildman–Crippen LogP) is 1.95. The molecule has 0 saturated carbocycles. The fourth-order valence-electron chi connectivity index (χ4n) is 5.17. The number of carbonyl (C=O) groups is 2. The van der Waals surface area contributed by atoms with Gasteiger partial charge in [-0.2, -0.15) is 0 Å². The van der Waals surface area contributed by atoms with Crippen molar-refractivity contribution >= 4 is 17.9 Å². The van der Waals surface area contributed by atoms with Gasteiger partial charge in [-0.05, 0) is 36.3 Å². The highest BCUT2D eigenvalue weighted by atomic mass is 19.1. The van der Waals surface area contributed by atoms with Gasteiger partial charge in [-0.25, -0.2) is 4.39 Å². The highest BCUT2D eigenvalue weighted by molar-refractivity contribution is 6.06. The van der Waals surface area contributed by atoms with Crippen LogP contribution in [0.1, 0.15) is 12.1 Å². The molecule has 7 heteroatoms. The van der Waals surface area contributed by atoms with Crippen molar-refractivity contribution in [3.05, 3.63) is 60.2 Å². The van der Waals surface area contributed by atoms with Crippen molar-refractivity contribution in [2.75, 3.05) is 13.6 Å². The Hall–Kier alpha value is -2.90. The topological polar surface area (TPSA) is 73.7 Å². The zero-order valence-electron chi connectivity index (χ0n) is 16.5. The van der Waals surface area contributed by atoms with E-state index in [0.717, 1.165) is 11.1 Å². The Balaban J connectivity index is 1.40. The number of aliphatic hydroxyl groups is 1. The first kappa shape index (κ1) is 19.1. The molecule has 0 aliphatic carbocycles. The molecular weight excluding hydrogens is 385 g/mol. The first-order valence-corrected chi connectivity index (χ1v) is 10.1. The van der Waals surface area contributed by atoms with Gasteiger partial charge in [-0.1, -0.05) is 24.3 Å². The van der Waals surface area contributed by atoms with E-state index in [1.807, 2.05) is 30.4 Å². The molecule has 2 amide bonds. The molecule has 0 radical (unpaired) electrons. The molecule has 3 fully saturated rings. The Labute approximate surface area is 173 Å². The molecule has 4 heterocycles.